The topological polar surface area (TPSA) is 105 Å². The zero-order chi connectivity index (χ0) is 29.6. The number of carbonyl (C=O) groups excluding carboxylic acids is 3. The Bertz CT molecular complexity index is 1370. The van der Waals surface area contributed by atoms with Gasteiger partial charge in [0.25, 0.3) is 5.24 Å². The molecule has 0 unspecified atom stereocenters. The highest BCUT2D eigenvalue weighted by Gasteiger charge is 2.30. The van der Waals surface area contributed by atoms with Gasteiger partial charge < -0.3 is 15.5 Å². The standard InChI is InChI=1S/C31H30N4O3S.CH3I/c1-35(21-22-12-5-2-6-13-22)30(37)28(25-18-11-19-26(20-25)33-31(38)39-32)34-29(36)27(23-14-7-3-8-15-23)24-16-9-4-10-17-24;1-2/h2-20,27-28H,21,32H2,1H3,(H,33,38)(H,34,36);1H3/t28-;/m1./s1. The molecule has 3 amide bonds. The Kier molecular flexibility index (Phi) is 12.9. The molecule has 0 aliphatic heterocycles. The third-order valence-electron chi connectivity index (χ3n) is 6.27. The lowest BCUT2D eigenvalue weighted by Gasteiger charge is -2.27. The van der Waals surface area contributed by atoms with Crippen LogP contribution in [0, 0.1) is 0 Å². The molecule has 0 saturated carbocycles. The van der Waals surface area contributed by atoms with E-state index < -0.39 is 17.2 Å². The summed E-state index contributed by atoms with van der Waals surface area (Å²) in [7, 11) is 1.71. The number of nitrogens with zero attached hydrogens (tertiary/aromatic N) is 1. The van der Waals surface area contributed by atoms with Gasteiger partial charge in [-0.15, -0.1) is 0 Å². The van der Waals surface area contributed by atoms with Crippen molar-refractivity contribution in [2.24, 2.45) is 5.14 Å². The van der Waals surface area contributed by atoms with Gasteiger partial charge in [-0.2, -0.15) is 0 Å². The minimum atomic E-state index is -0.997. The Morgan fingerprint density at radius 1 is 0.780 bits per heavy atom. The van der Waals surface area contributed by atoms with Crippen molar-refractivity contribution in [2.75, 3.05) is 17.3 Å². The summed E-state index contributed by atoms with van der Waals surface area (Å²) < 4.78 is 0. The van der Waals surface area contributed by atoms with E-state index in [0.717, 1.165) is 16.7 Å². The second kappa shape index (κ2) is 16.6. The minimum Gasteiger partial charge on any atom is -0.340 e. The van der Waals surface area contributed by atoms with E-state index in [-0.39, 0.29) is 11.8 Å². The van der Waals surface area contributed by atoms with Crippen LogP contribution in [-0.4, -0.2) is 33.9 Å². The lowest BCUT2D eigenvalue weighted by atomic mass is 9.90. The number of nitrogens with two attached hydrogens (primary N) is 1. The van der Waals surface area contributed by atoms with Gasteiger partial charge in [-0.25, -0.2) is 0 Å². The molecule has 0 aliphatic rings. The molecule has 212 valence electrons. The molecule has 0 aliphatic carbocycles. The predicted molar refractivity (Wildman–Crippen MR) is 176 cm³/mol. The van der Waals surface area contributed by atoms with Crippen molar-refractivity contribution in [3.63, 3.8) is 0 Å². The summed E-state index contributed by atoms with van der Waals surface area (Å²) in [5.74, 6) is -1.23. The third kappa shape index (κ3) is 9.17. The maximum Gasteiger partial charge on any atom is 0.298 e. The first kappa shape index (κ1) is 31.9. The number of nitrogens with one attached hydrogen (secondary N) is 2. The molecule has 0 radical (unpaired) electrons. The van der Waals surface area contributed by atoms with Gasteiger partial charge in [0, 0.05) is 31.2 Å². The number of likely N-dealkylation sites (N-methyl/N-ethyl adjacent to an activating group) is 1. The average molecular weight is 681 g/mol. The fourth-order valence-corrected chi connectivity index (χ4v) is 4.58. The smallest absolute Gasteiger partial charge is 0.298 e. The van der Waals surface area contributed by atoms with Gasteiger partial charge in [-0.05, 0) is 39.3 Å². The molecule has 0 fully saturated rings. The second-order valence-corrected chi connectivity index (χ2v) is 9.64. The van der Waals surface area contributed by atoms with Crippen molar-refractivity contribution in [3.05, 3.63) is 138 Å². The SMILES string of the molecule is CI.CN(Cc1ccccc1)C(=O)[C@H](NC(=O)C(c1ccccc1)c1ccccc1)c1cccc(NC(=O)SN)c1. The Hall–Kier alpha value is -3.67. The molecule has 0 bridgehead atoms. The van der Waals surface area contributed by atoms with Gasteiger partial charge in [0.05, 0.1) is 5.92 Å². The van der Waals surface area contributed by atoms with Crippen LogP contribution in [0.5, 0.6) is 0 Å². The van der Waals surface area contributed by atoms with Crippen molar-refractivity contribution in [3.8, 4) is 0 Å². The van der Waals surface area contributed by atoms with Gasteiger partial charge in [0.1, 0.15) is 6.04 Å². The number of rotatable bonds is 9. The van der Waals surface area contributed by atoms with E-state index in [9.17, 15) is 14.4 Å². The van der Waals surface area contributed by atoms with Crippen LogP contribution in [0.15, 0.2) is 115 Å². The number of amides is 3. The number of hydrogen-bond acceptors (Lipinski definition) is 5. The summed E-state index contributed by atoms with van der Waals surface area (Å²) in [6.45, 7) is 0.368. The lowest BCUT2D eigenvalue weighted by Crippen LogP contribution is -2.43. The third-order valence-corrected chi connectivity index (χ3v) is 6.59. The first-order valence-electron chi connectivity index (χ1n) is 12.8. The number of anilines is 1. The van der Waals surface area contributed by atoms with Gasteiger partial charge in [-0.1, -0.05) is 126 Å². The fraction of sp³-hybridized carbons (Fsp3) is 0.156. The summed E-state index contributed by atoms with van der Waals surface area (Å²) in [4.78, 5) is 43.2. The van der Waals surface area contributed by atoms with E-state index in [4.69, 9.17) is 5.14 Å². The molecule has 41 heavy (non-hydrogen) atoms. The summed E-state index contributed by atoms with van der Waals surface area (Å²) in [6.07, 6.45) is 0. The lowest BCUT2D eigenvalue weighted by molar-refractivity contribution is -0.136. The van der Waals surface area contributed by atoms with Gasteiger partial charge in [0.15, 0.2) is 0 Å². The number of carbonyl (C=O) groups is 3. The normalized spacial score (nSPS) is 11.0. The summed E-state index contributed by atoms with van der Waals surface area (Å²) >= 11 is 2.71. The highest BCUT2D eigenvalue weighted by molar-refractivity contribution is 14.1. The van der Waals surface area contributed by atoms with E-state index >= 15 is 0 Å². The maximum atomic E-state index is 14.0. The van der Waals surface area contributed by atoms with Crippen LogP contribution in [0.4, 0.5) is 10.5 Å². The fourth-order valence-electron chi connectivity index (χ4n) is 4.40. The van der Waals surface area contributed by atoms with E-state index in [2.05, 4.69) is 33.2 Å². The maximum absolute atomic E-state index is 14.0. The largest absolute Gasteiger partial charge is 0.340 e. The van der Waals surface area contributed by atoms with Crippen LogP contribution < -0.4 is 15.8 Å². The molecule has 7 nitrogen and oxygen atoms in total. The first-order valence-corrected chi connectivity index (χ1v) is 15.8. The molecule has 0 spiro atoms. The molecule has 0 saturated heterocycles. The minimum absolute atomic E-state index is 0.288. The van der Waals surface area contributed by atoms with E-state index in [1.165, 1.54) is 0 Å². The highest BCUT2D eigenvalue weighted by atomic mass is 127. The quantitative estimate of drug-likeness (QED) is 0.106. The molecular weight excluding hydrogens is 647 g/mol. The van der Waals surface area contributed by atoms with Crippen LogP contribution in [0.2, 0.25) is 0 Å². The van der Waals surface area contributed by atoms with Crippen molar-refractivity contribution >= 4 is 57.3 Å². The van der Waals surface area contributed by atoms with E-state index in [1.807, 2.05) is 95.9 Å². The molecule has 4 aromatic rings. The van der Waals surface area contributed by atoms with Crippen LogP contribution in [-0.2, 0) is 16.1 Å². The number of hydrogen-bond donors (Lipinski definition) is 3. The average Bonchev–Trinajstić information content (AvgIpc) is 3.02. The molecule has 4 rings (SSSR count). The summed E-state index contributed by atoms with van der Waals surface area (Å²) in [5, 5.41) is 10.6. The van der Waals surface area contributed by atoms with Gasteiger partial charge in [-0.3, -0.25) is 19.5 Å². The van der Waals surface area contributed by atoms with Crippen molar-refractivity contribution in [1.29, 1.82) is 0 Å². The van der Waals surface area contributed by atoms with E-state index in [1.54, 1.807) is 36.2 Å². The van der Waals surface area contributed by atoms with E-state index in [0.29, 0.717) is 29.7 Å². The predicted octanol–water partition coefficient (Wildman–Crippen LogP) is 6.52. The molecular formula is C32H33IN4O3S. The van der Waals surface area contributed by atoms with Crippen LogP contribution in [0.1, 0.15) is 34.2 Å². The monoisotopic (exact) mass is 680 g/mol. The van der Waals surface area contributed by atoms with Crippen LogP contribution >= 0.6 is 34.5 Å². The van der Waals surface area contributed by atoms with Crippen molar-refractivity contribution < 1.29 is 14.4 Å². The number of benzene rings is 4. The molecule has 9 heteroatoms. The van der Waals surface area contributed by atoms with Crippen LogP contribution in [0.25, 0.3) is 0 Å². The highest BCUT2D eigenvalue weighted by Crippen LogP contribution is 2.28. The second-order valence-electron chi connectivity index (χ2n) is 9.03. The molecule has 4 aromatic carbocycles. The first-order chi connectivity index (χ1) is 20.0. The van der Waals surface area contributed by atoms with Crippen molar-refractivity contribution in [2.45, 2.75) is 18.5 Å². The summed E-state index contributed by atoms with van der Waals surface area (Å²) in [6, 6.07) is 34.4. The molecule has 0 heterocycles. The number of alkyl halides is 1. The zero-order valence-corrected chi connectivity index (χ0v) is 25.8. The van der Waals surface area contributed by atoms with Gasteiger partial charge >= 0.3 is 0 Å². The molecule has 1 atom stereocenters. The summed E-state index contributed by atoms with van der Waals surface area (Å²) in [5.41, 5.74) is 3.59. The Balaban J connectivity index is 0.00000226. The van der Waals surface area contributed by atoms with Crippen molar-refractivity contribution in [1.82, 2.24) is 10.2 Å². The zero-order valence-electron chi connectivity index (χ0n) is 22.9. The van der Waals surface area contributed by atoms with Gasteiger partial charge in [0.2, 0.25) is 11.8 Å². The Morgan fingerprint density at radius 2 is 1.29 bits per heavy atom. The number of halogens is 1. The Labute approximate surface area is 259 Å². The molecule has 4 N–H and O–H groups in total. The molecule has 0 aromatic heterocycles. The Morgan fingerprint density at radius 3 is 1.83 bits per heavy atom. The van der Waals surface area contributed by atoms with Crippen LogP contribution in [0.3, 0.4) is 0 Å².